The van der Waals surface area contributed by atoms with Crippen molar-refractivity contribution in [3.63, 3.8) is 0 Å². The summed E-state index contributed by atoms with van der Waals surface area (Å²) in [4.78, 5) is 17.7. The molecule has 190 valence electrons. The number of unbranched alkanes of at least 4 members (excludes halogenated alkanes) is 14. The van der Waals surface area contributed by atoms with E-state index in [-0.39, 0.29) is 18.7 Å². The fourth-order valence-corrected chi connectivity index (χ4v) is 4.21. The van der Waals surface area contributed by atoms with Gasteiger partial charge in [0.25, 0.3) is 0 Å². The summed E-state index contributed by atoms with van der Waals surface area (Å²) in [5, 5.41) is 11.6. The Morgan fingerprint density at radius 1 is 0.812 bits per heavy atom. The van der Waals surface area contributed by atoms with Crippen molar-refractivity contribution in [1.29, 1.82) is 0 Å². The summed E-state index contributed by atoms with van der Waals surface area (Å²) in [7, 11) is 0. The van der Waals surface area contributed by atoms with Crippen molar-refractivity contribution in [2.75, 3.05) is 19.7 Å². The molecule has 1 aliphatic rings. The van der Waals surface area contributed by atoms with E-state index in [1.165, 1.54) is 83.5 Å². The van der Waals surface area contributed by atoms with Crippen LogP contribution in [0, 0.1) is 0 Å². The number of ether oxygens (including phenoxy) is 1. The molecular formula is C27H53NO4. The second kappa shape index (κ2) is 18.7. The minimum absolute atomic E-state index is 0.0147. The zero-order valence-electron chi connectivity index (χ0n) is 21.5. The predicted octanol–water partition coefficient (Wildman–Crippen LogP) is 6.96. The van der Waals surface area contributed by atoms with E-state index in [9.17, 15) is 9.90 Å². The molecule has 0 spiro atoms. The van der Waals surface area contributed by atoms with Crippen molar-refractivity contribution < 1.29 is 19.5 Å². The van der Waals surface area contributed by atoms with Crippen LogP contribution in [-0.2, 0) is 14.4 Å². The summed E-state index contributed by atoms with van der Waals surface area (Å²) in [6, 6.07) is 0. The van der Waals surface area contributed by atoms with Crippen molar-refractivity contribution in [2.24, 2.45) is 0 Å². The summed E-state index contributed by atoms with van der Waals surface area (Å²) < 4.78 is 5.63. The fraction of sp³-hybridized carbons (Fsp3) is 0.963. The van der Waals surface area contributed by atoms with Crippen LogP contribution in [0.25, 0.3) is 0 Å². The van der Waals surface area contributed by atoms with Crippen LogP contribution in [-0.4, -0.2) is 47.5 Å². The molecule has 0 aliphatic carbocycles. The van der Waals surface area contributed by atoms with Gasteiger partial charge in [-0.25, -0.2) is 0 Å². The van der Waals surface area contributed by atoms with Gasteiger partial charge in [-0.2, -0.15) is 5.06 Å². The Morgan fingerprint density at radius 2 is 1.25 bits per heavy atom. The number of aliphatic hydroxyl groups is 1. The van der Waals surface area contributed by atoms with Crippen LogP contribution in [0.5, 0.6) is 0 Å². The highest BCUT2D eigenvalue weighted by atomic mass is 16.7. The van der Waals surface area contributed by atoms with Crippen LogP contribution in [0.1, 0.15) is 136 Å². The highest BCUT2D eigenvalue weighted by Crippen LogP contribution is 2.17. The SMILES string of the molecule is CCCCCCCCCCCCCCCCCC(=O)OC1CCN(OCC(C)(C)O)CC1. The molecule has 1 aliphatic heterocycles. The van der Waals surface area contributed by atoms with Crippen LogP contribution in [0.3, 0.4) is 0 Å². The quantitative estimate of drug-likeness (QED) is 0.159. The van der Waals surface area contributed by atoms with E-state index in [4.69, 9.17) is 9.57 Å². The molecule has 0 aromatic rings. The van der Waals surface area contributed by atoms with Gasteiger partial charge in [-0.15, -0.1) is 0 Å². The first-order valence-electron chi connectivity index (χ1n) is 13.7. The summed E-state index contributed by atoms with van der Waals surface area (Å²) >= 11 is 0. The topological polar surface area (TPSA) is 59.0 Å². The number of hydroxylamine groups is 2. The van der Waals surface area contributed by atoms with Gasteiger partial charge in [0.2, 0.25) is 0 Å². The highest BCUT2D eigenvalue weighted by Gasteiger charge is 2.24. The Labute approximate surface area is 198 Å². The molecule has 0 bridgehead atoms. The predicted molar refractivity (Wildman–Crippen MR) is 132 cm³/mol. The van der Waals surface area contributed by atoms with Gasteiger partial charge >= 0.3 is 5.97 Å². The number of hydrogen-bond acceptors (Lipinski definition) is 5. The molecule has 1 rings (SSSR count). The number of piperidine rings is 1. The average molecular weight is 456 g/mol. The van der Waals surface area contributed by atoms with E-state index in [0.717, 1.165) is 38.8 Å². The molecule has 32 heavy (non-hydrogen) atoms. The third-order valence-electron chi connectivity index (χ3n) is 6.28. The molecule has 5 nitrogen and oxygen atoms in total. The summed E-state index contributed by atoms with van der Waals surface area (Å²) in [5.74, 6) is -0.0458. The lowest BCUT2D eigenvalue weighted by atomic mass is 10.0. The average Bonchev–Trinajstić information content (AvgIpc) is 2.75. The van der Waals surface area contributed by atoms with E-state index in [1.54, 1.807) is 13.8 Å². The molecule has 5 heteroatoms. The van der Waals surface area contributed by atoms with E-state index in [2.05, 4.69) is 6.92 Å². The van der Waals surface area contributed by atoms with Crippen molar-refractivity contribution in [3.8, 4) is 0 Å². The molecule has 0 aromatic heterocycles. The Bertz CT molecular complexity index is 441. The summed E-state index contributed by atoms with van der Waals surface area (Å²) in [5.41, 5.74) is -0.823. The van der Waals surface area contributed by atoms with Gasteiger partial charge in [-0.1, -0.05) is 96.8 Å². The van der Waals surface area contributed by atoms with Gasteiger partial charge in [0.15, 0.2) is 0 Å². The fourth-order valence-electron chi connectivity index (χ4n) is 4.21. The number of hydrogen-bond donors (Lipinski definition) is 1. The second-order valence-corrected chi connectivity index (χ2v) is 10.4. The smallest absolute Gasteiger partial charge is 0.306 e. The second-order valence-electron chi connectivity index (χ2n) is 10.4. The minimum atomic E-state index is -0.823. The van der Waals surface area contributed by atoms with Gasteiger partial charge in [-0.05, 0) is 33.1 Å². The maximum atomic E-state index is 12.1. The Balaban J connectivity index is 1.84. The first kappa shape index (κ1) is 29.4. The van der Waals surface area contributed by atoms with Crippen LogP contribution in [0.4, 0.5) is 0 Å². The van der Waals surface area contributed by atoms with Gasteiger partial charge in [0, 0.05) is 19.5 Å². The van der Waals surface area contributed by atoms with Gasteiger partial charge in [0.05, 0.1) is 12.2 Å². The molecular weight excluding hydrogens is 402 g/mol. The molecule has 0 aromatic carbocycles. The van der Waals surface area contributed by atoms with Crippen LogP contribution in [0.15, 0.2) is 0 Å². The van der Waals surface area contributed by atoms with Crippen molar-refractivity contribution in [2.45, 2.75) is 148 Å². The maximum Gasteiger partial charge on any atom is 0.306 e. The molecule has 1 fully saturated rings. The van der Waals surface area contributed by atoms with Crippen LogP contribution in [0.2, 0.25) is 0 Å². The number of esters is 1. The molecule has 1 heterocycles. The largest absolute Gasteiger partial charge is 0.462 e. The maximum absolute atomic E-state index is 12.1. The summed E-state index contributed by atoms with van der Waals surface area (Å²) in [6.07, 6.45) is 22.2. The van der Waals surface area contributed by atoms with E-state index < -0.39 is 5.60 Å². The van der Waals surface area contributed by atoms with Crippen LogP contribution < -0.4 is 0 Å². The highest BCUT2D eigenvalue weighted by molar-refractivity contribution is 5.69. The summed E-state index contributed by atoms with van der Waals surface area (Å²) in [6.45, 7) is 7.52. The third kappa shape index (κ3) is 17.9. The number of nitrogens with zero attached hydrogens (tertiary/aromatic N) is 1. The molecule has 1 saturated heterocycles. The molecule has 0 radical (unpaired) electrons. The molecule has 1 N–H and O–H groups in total. The minimum Gasteiger partial charge on any atom is -0.462 e. The third-order valence-corrected chi connectivity index (χ3v) is 6.28. The number of rotatable bonds is 20. The van der Waals surface area contributed by atoms with Crippen molar-refractivity contribution >= 4 is 5.97 Å². The number of carbonyl (C=O) groups excluding carboxylic acids is 1. The lowest BCUT2D eigenvalue weighted by Gasteiger charge is -2.32. The van der Waals surface area contributed by atoms with Crippen molar-refractivity contribution in [3.05, 3.63) is 0 Å². The first-order chi connectivity index (χ1) is 15.4. The molecule has 0 unspecified atom stereocenters. The zero-order valence-corrected chi connectivity index (χ0v) is 21.5. The van der Waals surface area contributed by atoms with E-state index in [0.29, 0.717) is 6.42 Å². The standard InChI is InChI=1S/C27H53NO4/c1-4-5-6-7-8-9-10-11-12-13-14-15-16-17-18-19-26(29)32-25-20-22-28(23-21-25)31-24-27(2,3)30/h25,30H,4-24H2,1-3H3. The normalized spacial score (nSPS) is 15.9. The molecule has 0 atom stereocenters. The Kier molecular flexibility index (Phi) is 17.2. The monoisotopic (exact) mass is 455 g/mol. The van der Waals surface area contributed by atoms with E-state index in [1.807, 2.05) is 5.06 Å². The van der Waals surface area contributed by atoms with Gasteiger partial charge < -0.3 is 9.84 Å². The van der Waals surface area contributed by atoms with Gasteiger partial charge in [-0.3, -0.25) is 9.63 Å². The Morgan fingerprint density at radius 3 is 1.69 bits per heavy atom. The lowest BCUT2D eigenvalue weighted by molar-refractivity contribution is -0.211. The first-order valence-corrected chi connectivity index (χ1v) is 13.7. The molecule has 0 amide bonds. The molecule has 0 saturated carbocycles. The number of carbonyl (C=O) groups is 1. The lowest BCUT2D eigenvalue weighted by Crippen LogP contribution is -2.40. The van der Waals surface area contributed by atoms with E-state index >= 15 is 0 Å². The van der Waals surface area contributed by atoms with Crippen LogP contribution >= 0.6 is 0 Å². The Hall–Kier alpha value is -0.650. The zero-order chi connectivity index (χ0) is 23.5. The van der Waals surface area contributed by atoms with Crippen molar-refractivity contribution in [1.82, 2.24) is 5.06 Å². The van der Waals surface area contributed by atoms with Gasteiger partial charge in [0.1, 0.15) is 6.10 Å².